The van der Waals surface area contributed by atoms with Crippen molar-refractivity contribution in [2.45, 2.75) is 18.9 Å². The molecule has 3 N–H and O–H groups in total. The number of rotatable bonds is 5. The Labute approximate surface area is 76.5 Å². The molecule has 6 nitrogen and oxygen atoms in total. The van der Waals surface area contributed by atoms with Crippen LogP contribution in [0.15, 0.2) is 0 Å². The van der Waals surface area contributed by atoms with Crippen molar-refractivity contribution in [1.29, 1.82) is 0 Å². The molecule has 80 valence electrons. The smallest absolute Gasteiger partial charge is 0.326 e. The van der Waals surface area contributed by atoms with E-state index >= 15 is 0 Å². The summed E-state index contributed by atoms with van der Waals surface area (Å²) in [5.74, 6) is -4.99. The van der Waals surface area contributed by atoms with E-state index in [-0.39, 0.29) is 0 Å². The van der Waals surface area contributed by atoms with Crippen LogP contribution in [-0.4, -0.2) is 40.5 Å². The molecule has 0 saturated heterocycles. The van der Waals surface area contributed by atoms with E-state index in [4.69, 9.17) is 10.2 Å². The quantitative estimate of drug-likeness (QED) is 0.557. The Balaban J connectivity index is 4.31. The normalized spacial score (nSPS) is 12.2. The third-order valence-corrected chi connectivity index (χ3v) is 1.19. The van der Waals surface area contributed by atoms with E-state index in [9.17, 15) is 23.2 Å². The zero-order valence-corrected chi connectivity index (χ0v) is 6.74. The van der Waals surface area contributed by atoms with Gasteiger partial charge in [-0.05, 0) is 0 Å². The SMILES string of the molecule is O=C(O)C[C@@H](NC(=O)C(F)F)C(=O)O. The number of carboxylic acids is 2. The number of alkyl halides is 2. The molecule has 0 aliphatic carbocycles. The lowest BCUT2D eigenvalue weighted by Crippen LogP contribution is -2.44. The van der Waals surface area contributed by atoms with E-state index in [2.05, 4.69) is 0 Å². The highest BCUT2D eigenvalue weighted by molar-refractivity contribution is 5.87. The number of nitrogens with one attached hydrogen (secondary N) is 1. The van der Waals surface area contributed by atoms with Crippen LogP contribution in [0, 0.1) is 0 Å². The van der Waals surface area contributed by atoms with Gasteiger partial charge in [-0.1, -0.05) is 0 Å². The second kappa shape index (κ2) is 5.10. The first kappa shape index (κ1) is 12.3. The Hall–Kier alpha value is -1.73. The maximum atomic E-state index is 11.6. The van der Waals surface area contributed by atoms with Gasteiger partial charge in [-0.25, -0.2) is 4.79 Å². The van der Waals surface area contributed by atoms with Gasteiger partial charge in [0.15, 0.2) is 0 Å². The summed E-state index contributed by atoms with van der Waals surface area (Å²) < 4.78 is 23.3. The van der Waals surface area contributed by atoms with Crippen LogP contribution in [-0.2, 0) is 14.4 Å². The Bertz CT molecular complexity index is 255. The van der Waals surface area contributed by atoms with Gasteiger partial charge in [0, 0.05) is 0 Å². The number of carbonyl (C=O) groups is 3. The van der Waals surface area contributed by atoms with Crippen molar-refractivity contribution in [3.63, 3.8) is 0 Å². The van der Waals surface area contributed by atoms with Crippen LogP contribution in [0.1, 0.15) is 6.42 Å². The molecule has 1 amide bonds. The Morgan fingerprint density at radius 1 is 1.21 bits per heavy atom. The molecule has 0 aromatic rings. The minimum atomic E-state index is -3.37. The van der Waals surface area contributed by atoms with Crippen molar-refractivity contribution >= 4 is 17.8 Å². The standard InChI is InChI=1S/C6H7F2NO5/c7-4(8)5(12)9-2(6(13)14)1-3(10)11/h2,4H,1H2,(H,9,12)(H,10,11)(H,13,14)/t2-/m1/s1. The molecule has 0 radical (unpaired) electrons. The summed E-state index contributed by atoms with van der Waals surface area (Å²) in [6.45, 7) is 0. The van der Waals surface area contributed by atoms with Crippen molar-refractivity contribution in [3.05, 3.63) is 0 Å². The largest absolute Gasteiger partial charge is 0.481 e. The molecule has 0 rings (SSSR count). The fourth-order valence-corrected chi connectivity index (χ4v) is 0.609. The van der Waals surface area contributed by atoms with Gasteiger partial charge >= 0.3 is 18.4 Å². The van der Waals surface area contributed by atoms with Crippen LogP contribution in [0.2, 0.25) is 0 Å². The first-order chi connectivity index (χ1) is 6.34. The highest BCUT2D eigenvalue weighted by Crippen LogP contribution is 1.97. The summed E-state index contributed by atoms with van der Waals surface area (Å²) in [6.07, 6.45) is -4.32. The molecule has 0 aliphatic rings. The highest BCUT2D eigenvalue weighted by atomic mass is 19.3. The lowest BCUT2D eigenvalue weighted by Gasteiger charge is -2.11. The van der Waals surface area contributed by atoms with Crippen LogP contribution < -0.4 is 5.32 Å². The molecule has 0 fully saturated rings. The zero-order chi connectivity index (χ0) is 11.3. The Morgan fingerprint density at radius 3 is 2.00 bits per heavy atom. The van der Waals surface area contributed by atoms with Crippen molar-refractivity contribution < 1.29 is 33.4 Å². The van der Waals surface area contributed by atoms with Crippen LogP contribution in [0.25, 0.3) is 0 Å². The lowest BCUT2D eigenvalue weighted by atomic mass is 10.2. The van der Waals surface area contributed by atoms with Crippen molar-refractivity contribution in [3.8, 4) is 0 Å². The number of aliphatic carboxylic acids is 2. The number of carbonyl (C=O) groups excluding carboxylic acids is 1. The summed E-state index contributed by atoms with van der Waals surface area (Å²) in [7, 11) is 0. The average Bonchev–Trinajstić information content (AvgIpc) is 2.01. The molecule has 0 bridgehead atoms. The molecule has 0 saturated carbocycles. The predicted octanol–water partition coefficient (Wildman–Crippen LogP) is -0.704. The Kier molecular flexibility index (Phi) is 4.47. The fraction of sp³-hybridized carbons (Fsp3) is 0.500. The first-order valence-corrected chi connectivity index (χ1v) is 3.37. The topological polar surface area (TPSA) is 104 Å². The van der Waals surface area contributed by atoms with Gasteiger partial charge < -0.3 is 15.5 Å². The van der Waals surface area contributed by atoms with Gasteiger partial charge in [-0.2, -0.15) is 8.78 Å². The molecule has 0 aromatic heterocycles. The number of hydrogen-bond donors (Lipinski definition) is 3. The van der Waals surface area contributed by atoms with E-state index in [1.54, 1.807) is 0 Å². The molecule has 0 heterocycles. The molecule has 0 unspecified atom stereocenters. The summed E-state index contributed by atoms with van der Waals surface area (Å²) in [5, 5.41) is 17.9. The van der Waals surface area contributed by atoms with E-state index in [0.717, 1.165) is 0 Å². The molecule has 0 aliphatic heterocycles. The van der Waals surface area contributed by atoms with E-state index in [1.165, 1.54) is 5.32 Å². The number of hydrogen-bond acceptors (Lipinski definition) is 3. The monoisotopic (exact) mass is 211 g/mol. The van der Waals surface area contributed by atoms with Gasteiger partial charge in [-0.3, -0.25) is 9.59 Å². The Morgan fingerprint density at radius 2 is 1.71 bits per heavy atom. The van der Waals surface area contributed by atoms with E-state index < -0.39 is 36.7 Å². The number of carboxylic acid groups (broad SMARTS) is 2. The molecule has 8 heteroatoms. The second-order valence-corrected chi connectivity index (χ2v) is 2.30. The number of amides is 1. The van der Waals surface area contributed by atoms with Crippen LogP contribution >= 0.6 is 0 Å². The molecule has 1 atom stereocenters. The van der Waals surface area contributed by atoms with Crippen LogP contribution in [0.5, 0.6) is 0 Å². The number of halogens is 2. The molecule has 0 aromatic carbocycles. The van der Waals surface area contributed by atoms with Gasteiger partial charge in [0.1, 0.15) is 6.04 Å². The summed E-state index contributed by atoms with van der Waals surface area (Å²) in [5.41, 5.74) is 0. The third kappa shape index (κ3) is 4.33. The first-order valence-electron chi connectivity index (χ1n) is 3.37. The van der Waals surface area contributed by atoms with Gasteiger partial charge in [0.2, 0.25) is 0 Å². The van der Waals surface area contributed by atoms with Crippen molar-refractivity contribution in [1.82, 2.24) is 5.32 Å². The maximum Gasteiger partial charge on any atom is 0.326 e. The van der Waals surface area contributed by atoms with Crippen LogP contribution in [0.3, 0.4) is 0 Å². The lowest BCUT2D eigenvalue weighted by molar-refractivity contribution is -0.148. The van der Waals surface area contributed by atoms with E-state index in [0.29, 0.717) is 0 Å². The molecular weight excluding hydrogens is 204 g/mol. The predicted molar refractivity (Wildman–Crippen MR) is 37.8 cm³/mol. The average molecular weight is 211 g/mol. The highest BCUT2D eigenvalue weighted by Gasteiger charge is 2.26. The van der Waals surface area contributed by atoms with Gasteiger partial charge in [0.25, 0.3) is 5.91 Å². The van der Waals surface area contributed by atoms with Gasteiger partial charge in [-0.15, -0.1) is 0 Å². The molecule has 14 heavy (non-hydrogen) atoms. The van der Waals surface area contributed by atoms with Crippen LogP contribution in [0.4, 0.5) is 8.78 Å². The van der Waals surface area contributed by atoms with E-state index in [1.807, 2.05) is 0 Å². The minimum Gasteiger partial charge on any atom is -0.481 e. The van der Waals surface area contributed by atoms with Crippen molar-refractivity contribution in [2.24, 2.45) is 0 Å². The molecule has 0 spiro atoms. The zero-order valence-electron chi connectivity index (χ0n) is 6.74. The minimum absolute atomic E-state index is 0.951. The maximum absolute atomic E-state index is 11.6. The van der Waals surface area contributed by atoms with Crippen molar-refractivity contribution in [2.75, 3.05) is 0 Å². The summed E-state index contributed by atoms with van der Waals surface area (Å²) in [4.78, 5) is 30.7. The second-order valence-electron chi connectivity index (χ2n) is 2.30. The molecular formula is C6H7F2NO5. The fourth-order valence-electron chi connectivity index (χ4n) is 0.609. The van der Waals surface area contributed by atoms with Gasteiger partial charge in [0.05, 0.1) is 6.42 Å². The summed E-state index contributed by atoms with van der Waals surface area (Å²) >= 11 is 0. The summed E-state index contributed by atoms with van der Waals surface area (Å²) in [6, 6.07) is -1.84. The third-order valence-electron chi connectivity index (χ3n) is 1.19.